The number of rotatable bonds is 7. The van der Waals surface area contributed by atoms with E-state index in [0.717, 1.165) is 11.1 Å². The molecule has 0 spiro atoms. The first-order chi connectivity index (χ1) is 15.9. The van der Waals surface area contributed by atoms with Gasteiger partial charge < -0.3 is 19.3 Å². The van der Waals surface area contributed by atoms with Crippen molar-refractivity contribution in [2.75, 3.05) is 25.6 Å². The summed E-state index contributed by atoms with van der Waals surface area (Å²) in [6, 6.07) is 13.7. The molecule has 4 rings (SSSR count). The molecule has 0 bridgehead atoms. The lowest BCUT2D eigenvalue weighted by atomic mass is 10.2. The number of hydrogen-bond acceptors (Lipinski definition) is 6. The van der Waals surface area contributed by atoms with E-state index in [1.54, 1.807) is 25.1 Å². The third-order valence-corrected chi connectivity index (χ3v) is 5.01. The first kappa shape index (κ1) is 22.0. The van der Waals surface area contributed by atoms with E-state index in [1.165, 1.54) is 23.1 Å². The Balaban J connectivity index is 1.85. The zero-order valence-electron chi connectivity index (χ0n) is 18.4. The van der Waals surface area contributed by atoms with Gasteiger partial charge in [-0.3, -0.25) is 9.89 Å². The van der Waals surface area contributed by atoms with Crippen LogP contribution in [0.5, 0.6) is 0 Å². The molecule has 0 amide bonds. The largest absolute Gasteiger partial charge is 0.478 e. The van der Waals surface area contributed by atoms with Crippen molar-refractivity contribution in [3.05, 3.63) is 80.8 Å². The van der Waals surface area contributed by atoms with Gasteiger partial charge in [-0.15, -0.1) is 0 Å². The van der Waals surface area contributed by atoms with E-state index >= 15 is 0 Å². The minimum absolute atomic E-state index is 0.121. The topological polar surface area (TPSA) is 110 Å². The molecule has 0 unspecified atom stereocenters. The van der Waals surface area contributed by atoms with E-state index in [9.17, 15) is 9.59 Å². The summed E-state index contributed by atoms with van der Waals surface area (Å²) in [7, 11) is 3.89. The molecule has 0 saturated heterocycles. The molecule has 2 heterocycles. The predicted molar refractivity (Wildman–Crippen MR) is 124 cm³/mol. The second-order valence-corrected chi connectivity index (χ2v) is 7.46. The maximum absolute atomic E-state index is 13.2. The van der Waals surface area contributed by atoms with Crippen LogP contribution in [0.25, 0.3) is 29.0 Å². The summed E-state index contributed by atoms with van der Waals surface area (Å²) in [5, 5.41) is 13.6. The SMILES string of the molecule is CCOOC=c1[nH]n(-c2ccc(C(=O)O)cc2)c(=O)c1=Cc1cc2ccc(N(C)C)cc2o1. The van der Waals surface area contributed by atoms with Crippen molar-refractivity contribution in [1.29, 1.82) is 0 Å². The van der Waals surface area contributed by atoms with E-state index < -0.39 is 5.97 Å². The number of nitrogens with one attached hydrogen (secondary N) is 1. The van der Waals surface area contributed by atoms with Crippen LogP contribution in [0.1, 0.15) is 23.0 Å². The van der Waals surface area contributed by atoms with Crippen molar-refractivity contribution < 1.29 is 24.1 Å². The average Bonchev–Trinajstić information content (AvgIpc) is 3.34. The van der Waals surface area contributed by atoms with Gasteiger partial charge >= 0.3 is 5.97 Å². The summed E-state index contributed by atoms with van der Waals surface area (Å²) < 4.78 is 7.26. The number of nitrogens with zero attached hydrogens (tertiary/aromatic N) is 2. The summed E-state index contributed by atoms with van der Waals surface area (Å²) >= 11 is 0. The smallest absolute Gasteiger partial charge is 0.335 e. The quantitative estimate of drug-likeness (QED) is 0.253. The number of fused-ring (bicyclic) bond motifs is 1. The molecule has 2 N–H and O–H groups in total. The zero-order chi connectivity index (χ0) is 23.5. The first-order valence-corrected chi connectivity index (χ1v) is 10.2. The molecule has 170 valence electrons. The number of benzene rings is 2. The molecule has 2 aromatic heterocycles. The molecule has 0 aliphatic carbocycles. The predicted octanol–water partition coefficient (Wildman–Crippen LogP) is 2.21. The van der Waals surface area contributed by atoms with Crippen LogP contribution in [-0.2, 0) is 9.78 Å². The highest BCUT2D eigenvalue weighted by Crippen LogP contribution is 2.24. The molecule has 2 aromatic carbocycles. The third kappa shape index (κ3) is 4.53. The number of aromatic carboxylic acids is 1. The third-order valence-electron chi connectivity index (χ3n) is 5.01. The molecule has 4 aromatic rings. The Hall–Kier alpha value is -4.24. The van der Waals surface area contributed by atoms with Crippen LogP contribution in [-0.4, -0.2) is 41.6 Å². The van der Waals surface area contributed by atoms with Gasteiger partial charge in [-0.2, -0.15) is 4.89 Å². The summed E-state index contributed by atoms with van der Waals surface area (Å²) in [4.78, 5) is 36.3. The summed E-state index contributed by atoms with van der Waals surface area (Å²) in [6.45, 7) is 2.10. The van der Waals surface area contributed by atoms with Gasteiger partial charge in [0.2, 0.25) is 0 Å². The van der Waals surface area contributed by atoms with E-state index in [-0.39, 0.29) is 11.1 Å². The lowest BCUT2D eigenvalue weighted by Crippen LogP contribution is -2.34. The number of aromatic amines is 1. The van der Waals surface area contributed by atoms with Gasteiger partial charge in [-0.1, -0.05) is 0 Å². The second kappa shape index (κ2) is 9.09. The summed E-state index contributed by atoms with van der Waals surface area (Å²) in [5.74, 6) is -0.549. The monoisotopic (exact) mass is 449 g/mol. The van der Waals surface area contributed by atoms with Crippen molar-refractivity contribution in [3.8, 4) is 5.69 Å². The van der Waals surface area contributed by atoms with Crippen LogP contribution >= 0.6 is 0 Å². The fraction of sp³-hybridized carbons (Fsp3) is 0.167. The second-order valence-electron chi connectivity index (χ2n) is 7.46. The lowest BCUT2D eigenvalue weighted by molar-refractivity contribution is -0.224. The molecule has 0 fully saturated rings. The van der Waals surface area contributed by atoms with Gasteiger partial charge in [-0.25, -0.2) is 9.48 Å². The fourth-order valence-corrected chi connectivity index (χ4v) is 3.31. The Morgan fingerprint density at radius 1 is 1.18 bits per heavy atom. The summed E-state index contributed by atoms with van der Waals surface area (Å²) in [5.41, 5.74) is 1.92. The molecular weight excluding hydrogens is 426 g/mol. The molecule has 9 nitrogen and oxygen atoms in total. The number of furan rings is 1. The normalized spacial score (nSPS) is 12.5. The highest BCUT2D eigenvalue weighted by atomic mass is 17.2. The van der Waals surface area contributed by atoms with Crippen molar-refractivity contribution in [2.45, 2.75) is 6.92 Å². The standard InChI is InChI=1S/C24H23N3O6/c1-4-31-32-14-21-20(13-19-11-16-7-10-18(26(2)3)12-22(16)33-19)23(28)27(25-21)17-8-5-15(6-9-17)24(29)30/h5-14,25H,4H2,1-3H3,(H,29,30). The minimum Gasteiger partial charge on any atom is -0.478 e. The fourth-order valence-electron chi connectivity index (χ4n) is 3.31. The van der Waals surface area contributed by atoms with Crippen LogP contribution in [0.2, 0.25) is 0 Å². The minimum atomic E-state index is -1.05. The Morgan fingerprint density at radius 3 is 2.61 bits per heavy atom. The Bertz CT molecular complexity index is 1480. The molecule has 0 saturated carbocycles. The van der Waals surface area contributed by atoms with Gasteiger partial charge in [-0.05, 0) is 55.5 Å². The van der Waals surface area contributed by atoms with Gasteiger partial charge in [0, 0.05) is 31.2 Å². The van der Waals surface area contributed by atoms with Crippen molar-refractivity contribution in [1.82, 2.24) is 9.78 Å². The van der Waals surface area contributed by atoms with Crippen molar-refractivity contribution >= 4 is 35.0 Å². The molecule has 0 aliphatic heterocycles. The van der Waals surface area contributed by atoms with Gasteiger partial charge in [0.05, 0.1) is 23.1 Å². The number of H-pyrrole nitrogens is 1. The highest BCUT2D eigenvalue weighted by Gasteiger charge is 2.10. The number of carboxylic acid groups (broad SMARTS) is 1. The van der Waals surface area contributed by atoms with Crippen LogP contribution in [0, 0.1) is 0 Å². The molecular formula is C24H23N3O6. The van der Waals surface area contributed by atoms with E-state index in [4.69, 9.17) is 19.3 Å². The molecule has 0 radical (unpaired) electrons. The molecule has 33 heavy (non-hydrogen) atoms. The number of hydrogen-bond donors (Lipinski definition) is 2. The maximum atomic E-state index is 13.2. The first-order valence-electron chi connectivity index (χ1n) is 10.2. The number of aromatic nitrogens is 2. The van der Waals surface area contributed by atoms with Crippen LogP contribution in [0.15, 0.2) is 57.7 Å². The van der Waals surface area contributed by atoms with Crippen LogP contribution < -0.4 is 21.0 Å². The number of carboxylic acids is 1. The number of anilines is 1. The molecule has 0 atom stereocenters. The molecule has 9 heteroatoms. The van der Waals surface area contributed by atoms with E-state index in [1.807, 2.05) is 43.3 Å². The van der Waals surface area contributed by atoms with E-state index in [2.05, 4.69) is 5.10 Å². The Kier molecular flexibility index (Phi) is 6.05. The lowest BCUT2D eigenvalue weighted by Gasteiger charge is -2.11. The summed E-state index contributed by atoms with van der Waals surface area (Å²) in [6.07, 6.45) is 2.92. The highest BCUT2D eigenvalue weighted by molar-refractivity contribution is 5.87. The maximum Gasteiger partial charge on any atom is 0.335 e. The average molecular weight is 449 g/mol. The van der Waals surface area contributed by atoms with Crippen LogP contribution in [0.3, 0.4) is 0 Å². The molecule has 0 aliphatic rings. The number of carbonyl (C=O) groups is 1. The Morgan fingerprint density at radius 2 is 1.94 bits per heavy atom. The van der Waals surface area contributed by atoms with Gasteiger partial charge in [0.25, 0.3) is 5.56 Å². The van der Waals surface area contributed by atoms with Crippen molar-refractivity contribution in [3.63, 3.8) is 0 Å². The Labute approximate surface area is 188 Å². The van der Waals surface area contributed by atoms with Gasteiger partial charge in [0.1, 0.15) is 16.7 Å². The van der Waals surface area contributed by atoms with E-state index in [0.29, 0.717) is 34.2 Å². The van der Waals surface area contributed by atoms with Gasteiger partial charge in [0.15, 0.2) is 6.26 Å². The zero-order valence-corrected chi connectivity index (χ0v) is 18.4. The van der Waals surface area contributed by atoms with Crippen LogP contribution in [0.4, 0.5) is 5.69 Å². The van der Waals surface area contributed by atoms with Crippen molar-refractivity contribution in [2.24, 2.45) is 0 Å².